The molecule has 158 valence electrons. The molecular weight excluding hydrogens is 379 g/mol. The molecule has 0 saturated carbocycles. The fraction of sp³-hybridized carbons (Fsp3) is 0.458. The number of nitrogens with one attached hydrogen (secondary N) is 1. The Kier molecular flexibility index (Phi) is 6.72. The molecule has 1 aromatic carbocycles. The molecule has 0 unspecified atom stereocenters. The molecule has 1 fully saturated rings. The van der Waals surface area contributed by atoms with Crippen molar-refractivity contribution in [3.05, 3.63) is 54.0 Å². The molecule has 1 aromatic heterocycles. The average Bonchev–Trinajstić information content (AvgIpc) is 2.80. The first-order valence-electron chi connectivity index (χ1n) is 11.0. The van der Waals surface area contributed by atoms with Gasteiger partial charge in [-0.05, 0) is 63.1 Å². The van der Waals surface area contributed by atoms with Crippen LogP contribution in [-0.2, 0) is 4.79 Å². The third-order valence-corrected chi connectivity index (χ3v) is 5.97. The summed E-state index contributed by atoms with van der Waals surface area (Å²) < 4.78 is 13.6. The number of carbonyl (C=O) groups is 1. The summed E-state index contributed by atoms with van der Waals surface area (Å²) >= 11 is 0. The van der Waals surface area contributed by atoms with Gasteiger partial charge in [-0.1, -0.05) is 23.8 Å². The zero-order valence-corrected chi connectivity index (χ0v) is 17.3. The Hall–Kier alpha value is -2.76. The maximum absolute atomic E-state index is 13.6. The van der Waals surface area contributed by atoms with Crippen LogP contribution in [-0.4, -0.2) is 35.5 Å². The highest BCUT2D eigenvalue weighted by atomic mass is 19.1. The number of allylic oxidation sites excluding steroid dienone is 1. The molecule has 1 atom stereocenters. The van der Waals surface area contributed by atoms with Crippen LogP contribution >= 0.6 is 0 Å². The van der Waals surface area contributed by atoms with Crippen LogP contribution in [0.2, 0.25) is 0 Å². The first-order valence-corrected chi connectivity index (χ1v) is 11.0. The van der Waals surface area contributed by atoms with E-state index in [0.29, 0.717) is 17.9 Å². The van der Waals surface area contributed by atoms with E-state index in [0.717, 1.165) is 38.2 Å². The molecule has 1 aliphatic heterocycles. The second kappa shape index (κ2) is 9.83. The Morgan fingerprint density at radius 1 is 1.23 bits per heavy atom. The topological polar surface area (TPSA) is 58.1 Å². The van der Waals surface area contributed by atoms with E-state index in [-0.39, 0.29) is 17.6 Å². The molecule has 0 bridgehead atoms. The van der Waals surface area contributed by atoms with Gasteiger partial charge in [-0.2, -0.15) is 0 Å². The van der Waals surface area contributed by atoms with E-state index >= 15 is 0 Å². The molecular formula is C24H29FN4O. The molecule has 0 radical (unpaired) electrons. The number of benzene rings is 1. The van der Waals surface area contributed by atoms with Gasteiger partial charge < -0.3 is 10.2 Å². The van der Waals surface area contributed by atoms with Crippen LogP contribution in [0.15, 0.2) is 48.2 Å². The van der Waals surface area contributed by atoms with E-state index in [9.17, 15) is 9.18 Å². The van der Waals surface area contributed by atoms with Crippen LogP contribution < -0.4 is 10.2 Å². The lowest BCUT2D eigenvalue weighted by Crippen LogP contribution is -2.43. The van der Waals surface area contributed by atoms with E-state index in [1.54, 1.807) is 18.3 Å². The molecule has 1 amide bonds. The summed E-state index contributed by atoms with van der Waals surface area (Å²) in [6.45, 7) is 2.22. The van der Waals surface area contributed by atoms with Crippen LogP contribution in [0.3, 0.4) is 0 Å². The van der Waals surface area contributed by atoms with E-state index in [2.05, 4.69) is 26.3 Å². The van der Waals surface area contributed by atoms with E-state index < -0.39 is 0 Å². The number of hydrogen-bond donors (Lipinski definition) is 1. The molecule has 1 N–H and O–H groups in total. The smallest absolute Gasteiger partial charge is 0.224 e. The van der Waals surface area contributed by atoms with Gasteiger partial charge >= 0.3 is 0 Å². The van der Waals surface area contributed by atoms with Gasteiger partial charge in [0.25, 0.3) is 0 Å². The fourth-order valence-corrected chi connectivity index (χ4v) is 4.31. The fourth-order valence-electron chi connectivity index (χ4n) is 4.31. The minimum Gasteiger partial charge on any atom is -0.356 e. The lowest BCUT2D eigenvalue weighted by atomic mass is 9.96. The van der Waals surface area contributed by atoms with Gasteiger partial charge in [0.15, 0.2) is 5.82 Å². The molecule has 2 aromatic rings. The number of hydrogen-bond acceptors (Lipinski definition) is 4. The zero-order chi connectivity index (χ0) is 20.8. The first kappa shape index (κ1) is 20.5. The van der Waals surface area contributed by atoms with Crippen molar-refractivity contribution < 1.29 is 9.18 Å². The van der Waals surface area contributed by atoms with Crippen molar-refractivity contribution in [1.82, 2.24) is 15.3 Å². The van der Waals surface area contributed by atoms with Crippen molar-refractivity contribution in [1.29, 1.82) is 0 Å². The van der Waals surface area contributed by atoms with Gasteiger partial charge in [-0.15, -0.1) is 0 Å². The number of aromatic nitrogens is 2. The number of halogens is 1. The third kappa shape index (κ3) is 5.23. The van der Waals surface area contributed by atoms with Crippen molar-refractivity contribution in [3.63, 3.8) is 0 Å². The summed E-state index contributed by atoms with van der Waals surface area (Å²) in [6, 6.07) is 8.17. The molecule has 1 aliphatic carbocycles. The standard InChI is InChI=1S/C24H29FN4O/c25-21-10-4-8-19(16-21)23-26-14-12-22(28-23)29-15-5-9-20(17-29)24(30)27-13-11-18-6-2-1-3-7-18/h4,6,8,10,12,14,16,20H,1-3,5,7,9,11,13,15,17H2,(H,27,30)/t20-/m1/s1. The maximum Gasteiger partial charge on any atom is 0.224 e. The molecule has 2 aliphatic rings. The Labute approximate surface area is 177 Å². The summed E-state index contributed by atoms with van der Waals surface area (Å²) in [4.78, 5) is 23.8. The number of amides is 1. The van der Waals surface area contributed by atoms with Crippen LogP contribution in [0.5, 0.6) is 0 Å². The summed E-state index contributed by atoms with van der Waals surface area (Å²) in [5.41, 5.74) is 2.14. The van der Waals surface area contributed by atoms with Crippen molar-refractivity contribution in [2.75, 3.05) is 24.5 Å². The number of anilines is 1. The minimum atomic E-state index is -0.305. The van der Waals surface area contributed by atoms with E-state index in [1.165, 1.54) is 43.4 Å². The molecule has 6 heteroatoms. The van der Waals surface area contributed by atoms with E-state index in [4.69, 9.17) is 0 Å². The zero-order valence-electron chi connectivity index (χ0n) is 17.3. The molecule has 0 spiro atoms. The molecule has 2 heterocycles. The van der Waals surface area contributed by atoms with Crippen molar-refractivity contribution in [2.24, 2.45) is 5.92 Å². The first-order chi connectivity index (χ1) is 14.7. The molecule has 1 saturated heterocycles. The highest BCUT2D eigenvalue weighted by molar-refractivity contribution is 5.79. The molecule has 4 rings (SSSR count). The van der Waals surface area contributed by atoms with Gasteiger partial charge in [0.2, 0.25) is 5.91 Å². The average molecular weight is 409 g/mol. The van der Waals surface area contributed by atoms with Crippen LogP contribution in [0.25, 0.3) is 11.4 Å². The van der Waals surface area contributed by atoms with Crippen LogP contribution in [0, 0.1) is 11.7 Å². The van der Waals surface area contributed by atoms with Crippen LogP contribution in [0.1, 0.15) is 44.9 Å². The van der Waals surface area contributed by atoms with Crippen molar-refractivity contribution in [3.8, 4) is 11.4 Å². The van der Waals surface area contributed by atoms with Gasteiger partial charge in [0.1, 0.15) is 11.6 Å². The lowest BCUT2D eigenvalue weighted by molar-refractivity contribution is -0.125. The second-order valence-corrected chi connectivity index (χ2v) is 8.18. The lowest BCUT2D eigenvalue weighted by Gasteiger charge is -2.33. The van der Waals surface area contributed by atoms with Crippen molar-refractivity contribution in [2.45, 2.75) is 44.9 Å². The molecule has 5 nitrogen and oxygen atoms in total. The number of piperidine rings is 1. The Morgan fingerprint density at radius 2 is 2.17 bits per heavy atom. The summed E-state index contributed by atoms with van der Waals surface area (Å²) in [5, 5.41) is 3.13. The minimum absolute atomic E-state index is 0.0355. The summed E-state index contributed by atoms with van der Waals surface area (Å²) in [7, 11) is 0. The second-order valence-electron chi connectivity index (χ2n) is 8.18. The van der Waals surface area contributed by atoms with Crippen LogP contribution in [0.4, 0.5) is 10.2 Å². The largest absolute Gasteiger partial charge is 0.356 e. The predicted octanol–water partition coefficient (Wildman–Crippen LogP) is 4.51. The number of rotatable bonds is 6. The predicted molar refractivity (Wildman–Crippen MR) is 117 cm³/mol. The highest BCUT2D eigenvalue weighted by Gasteiger charge is 2.26. The quantitative estimate of drug-likeness (QED) is 0.715. The highest BCUT2D eigenvalue weighted by Crippen LogP contribution is 2.24. The molecule has 30 heavy (non-hydrogen) atoms. The van der Waals surface area contributed by atoms with Gasteiger partial charge in [-0.3, -0.25) is 4.79 Å². The third-order valence-electron chi connectivity index (χ3n) is 5.97. The Morgan fingerprint density at radius 3 is 3.00 bits per heavy atom. The van der Waals surface area contributed by atoms with Gasteiger partial charge in [0, 0.05) is 31.4 Å². The SMILES string of the molecule is O=C(NCCC1=CCCCC1)[C@@H]1CCCN(c2ccnc(-c3cccc(F)c3)n2)C1. The van der Waals surface area contributed by atoms with Gasteiger partial charge in [-0.25, -0.2) is 14.4 Å². The Balaban J connectivity index is 1.36. The van der Waals surface area contributed by atoms with E-state index in [1.807, 2.05) is 6.07 Å². The Bertz CT molecular complexity index is 914. The summed E-state index contributed by atoms with van der Waals surface area (Å²) in [6.07, 6.45) is 11.8. The number of carbonyl (C=O) groups excluding carboxylic acids is 1. The normalized spacial score (nSPS) is 19.3. The summed E-state index contributed by atoms with van der Waals surface area (Å²) in [5.74, 6) is 1.08. The monoisotopic (exact) mass is 408 g/mol. The van der Waals surface area contributed by atoms with Crippen molar-refractivity contribution >= 4 is 11.7 Å². The van der Waals surface area contributed by atoms with Gasteiger partial charge in [0.05, 0.1) is 5.92 Å². The number of nitrogens with zero attached hydrogens (tertiary/aromatic N) is 3. The maximum atomic E-state index is 13.6.